The number of pyridine rings is 1. The molecule has 0 spiro atoms. The second-order valence-electron chi connectivity index (χ2n) is 6.40. The number of rotatable bonds is 3. The van der Waals surface area contributed by atoms with Crippen LogP contribution in [0.4, 0.5) is 5.69 Å². The van der Waals surface area contributed by atoms with Crippen LogP contribution >= 0.6 is 0 Å². The van der Waals surface area contributed by atoms with Gasteiger partial charge in [-0.05, 0) is 52.5 Å². The number of nitrogens with zero attached hydrogens (tertiary/aromatic N) is 3. The van der Waals surface area contributed by atoms with E-state index in [2.05, 4.69) is 34.3 Å². The number of aromatic nitrogens is 1. The maximum Gasteiger partial charge on any atom is 0.103 e. The Bertz CT molecular complexity index is 563. The Kier molecular flexibility index (Phi) is 3.86. The number of fused-ring (bicyclic) bond motifs is 2. The van der Waals surface area contributed by atoms with Crippen molar-refractivity contribution in [2.24, 2.45) is 0 Å². The van der Waals surface area contributed by atoms with Crippen molar-refractivity contribution < 1.29 is 0 Å². The van der Waals surface area contributed by atoms with Crippen LogP contribution in [0.2, 0.25) is 0 Å². The van der Waals surface area contributed by atoms with E-state index in [1.165, 1.54) is 25.7 Å². The Morgan fingerprint density at radius 2 is 2.00 bits per heavy atom. The molecule has 4 heteroatoms. The summed E-state index contributed by atoms with van der Waals surface area (Å²) in [5, 5.41) is 13.2. The first kappa shape index (κ1) is 14.3. The van der Waals surface area contributed by atoms with E-state index in [1.807, 2.05) is 13.8 Å². The van der Waals surface area contributed by atoms with Gasteiger partial charge in [0, 0.05) is 30.4 Å². The molecular formula is C17H24N4. The minimum Gasteiger partial charge on any atom is -0.368 e. The van der Waals surface area contributed by atoms with E-state index in [1.54, 1.807) is 0 Å². The number of anilines is 1. The van der Waals surface area contributed by atoms with Crippen LogP contribution in [-0.4, -0.2) is 29.7 Å². The third-order valence-electron chi connectivity index (χ3n) is 4.96. The maximum absolute atomic E-state index is 9.52. The van der Waals surface area contributed by atoms with Crippen molar-refractivity contribution >= 4 is 5.69 Å². The van der Waals surface area contributed by atoms with Gasteiger partial charge in [-0.15, -0.1) is 0 Å². The maximum atomic E-state index is 9.52. The molecular weight excluding hydrogens is 260 g/mol. The van der Waals surface area contributed by atoms with Crippen molar-refractivity contribution in [3.05, 3.63) is 23.0 Å². The quantitative estimate of drug-likeness (QED) is 0.927. The summed E-state index contributed by atoms with van der Waals surface area (Å²) in [5.74, 6) is 0. The first-order chi connectivity index (χ1) is 10.1. The van der Waals surface area contributed by atoms with Crippen LogP contribution < -0.4 is 10.2 Å². The van der Waals surface area contributed by atoms with Crippen molar-refractivity contribution in [1.82, 2.24) is 10.3 Å². The Morgan fingerprint density at radius 3 is 2.57 bits per heavy atom. The van der Waals surface area contributed by atoms with Gasteiger partial charge in [0.25, 0.3) is 0 Å². The summed E-state index contributed by atoms with van der Waals surface area (Å²) in [7, 11) is 0. The highest BCUT2D eigenvalue weighted by Crippen LogP contribution is 2.34. The third kappa shape index (κ3) is 2.63. The Morgan fingerprint density at radius 1 is 1.33 bits per heavy atom. The molecule has 1 aromatic heterocycles. The highest BCUT2D eigenvalue weighted by atomic mass is 15.2. The van der Waals surface area contributed by atoms with Crippen LogP contribution in [0.1, 0.15) is 49.6 Å². The zero-order valence-electron chi connectivity index (χ0n) is 13.2. The van der Waals surface area contributed by atoms with Gasteiger partial charge in [-0.1, -0.05) is 0 Å². The predicted octanol–water partition coefficient (Wildman–Crippen LogP) is 2.68. The lowest BCUT2D eigenvalue weighted by Crippen LogP contribution is -2.48. The van der Waals surface area contributed by atoms with Crippen LogP contribution in [0.3, 0.4) is 0 Å². The smallest absolute Gasteiger partial charge is 0.103 e. The van der Waals surface area contributed by atoms with Crippen LogP contribution in [0.25, 0.3) is 0 Å². The number of aryl methyl sites for hydroxylation is 2. The molecule has 2 bridgehead atoms. The van der Waals surface area contributed by atoms with Gasteiger partial charge in [0.2, 0.25) is 0 Å². The fourth-order valence-electron chi connectivity index (χ4n) is 4.08. The van der Waals surface area contributed by atoms with Crippen molar-refractivity contribution in [2.45, 2.75) is 64.6 Å². The third-order valence-corrected chi connectivity index (χ3v) is 4.96. The molecule has 0 radical (unpaired) electrons. The van der Waals surface area contributed by atoms with Crippen LogP contribution in [-0.2, 0) is 0 Å². The molecule has 0 aliphatic carbocycles. The van der Waals surface area contributed by atoms with E-state index >= 15 is 0 Å². The van der Waals surface area contributed by atoms with Crippen LogP contribution in [0, 0.1) is 25.2 Å². The van der Waals surface area contributed by atoms with E-state index in [9.17, 15) is 5.26 Å². The highest BCUT2D eigenvalue weighted by molar-refractivity contribution is 5.62. The SMILES string of the molecule is CCN(c1cc(C)nc(C)c1C#N)C1CC2CCC(C1)N2. The lowest BCUT2D eigenvalue weighted by atomic mass is 9.96. The minimum atomic E-state index is 0.544. The molecule has 3 rings (SSSR count). The normalized spacial score (nSPS) is 27.4. The highest BCUT2D eigenvalue weighted by Gasteiger charge is 2.36. The summed E-state index contributed by atoms with van der Waals surface area (Å²) in [6.07, 6.45) is 4.99. The van der Waals surface area contributed by atoms with Gasteiger partial charge in [-0.2, -0.15) is 5.26 Å². The molecule has 0 amide bonds. The van der Waals surface area contributed by atoms with Crippen molar-refractivity contribution in [1.29, 1.82) is 5.26 Å². The van der Waals surface area contributed by atoms with Gasteiger partial charge >= 0.3 is 0 Å². The second-order valence-corrected chi connectivity index (χ2v) is 6.40. The molecule has 1 N–H and O–H groups in total. The van der Waals surface area contributed by atoms with Gasteiger partial charge in [-0.25, -0.2) is 0 Å². The largest absolute Gasteiger partial charge is 0.368 e. The molecule has 2 aliphatic heterocycles. The van der Waals surface area contributed by atoms with Crippen LogP contribution in [0.15, 0.2) is 6.07 Å². The van der Waals surface area contributed by atoms with Gasteiger partial charge < -0.3 is 10.2 Å². The monoisotopic (exact) mass is 284 g/mol. The van der Waals surface area contributed by atoms with Gasteiger partial charge in [-0.3, -0.25) is 4.98 Å². The molecule has 2 atom stereocenters. The number of hydrogen-bond acceptors (Lipinski definition) is 4. The Hall–Kier alpha value is -1.60. The summed E-state index contributed by atoms with van der Waals surface area (Å²) in [4.78, 5) is 6.88. The second kappa shape index (κ2) is 5.65. The first-order valence-corrected chi connectivity index (χ1v) is 8.03. The molecule has 2 unspecified atom stereocenters. The predicted molar refractivity (Wildman–Crippen MR) is 84.4 cm³/mol. The van der Waals surface area contributed by atoms with E-state index < -0.39 is 0 Å². The van der Waals surface area contributed by atoms with Crippen molar-refractivity contribution in [2.75, 3.05) is 11.4 Å². The molecule has 21 heavy (non-hydrogen) atoms. The standard InChI is InChI=1S/C17H24N4/c1-4-21(15-8-13-5-6-14(9-15)20-13)17-7-11(2)19-12(3)16(17)10-18/h7,13-15,20H,4-6,8-9H2,1-3H3. The summed E-state index contributed by atoms with van der Waals surface area (Å²) in [5.41, 5.74) is 3.67. The van der Waals surface area contributed by atoms with E-state index in [0.717, 1.165) is 29.2 Å². The molecule has 3 heterocycles. The molecule has 2 aliphatic rings. The van der Waals surface area contributed by atoms with Gasteiger partial charge in [0.05, 0.1) is 16.9 Å². The van der Waals surface area contributed by atoms with Crippen LogP contribution in [0.5, 0.6) is 0 Å². The Labute approximate surface area is 127 Å². The Balaban J connectivity index is 1.95. The van der Waals surface area contributed by atoms with Crippen molar-refractivity contribution in [3.63, 3.8) is 0 Å². The number of nitrogens with one attached hydrogen (secondary N) is 1. The molecule has 4 nitrogen and oxygen atoms in total. The fourth-order valence-corrected chi connectivity index (χ4v) is 4.08. The summed E-state index contributed by atoms with van der Waals surface area (Å²) in [6, 6.07) is 6.32. The first-order valence-electron chi connectivity index (χ1n) is 8.03. The van der Waals surface area contributed by atoms with E-state index in [-0.39, 0.29) is 0 Å². The van der Waals surface area contributed by atoms with E-state index in [0.29, 0.717) is 18.1 Å². The van der Waals surface area contributed by atoms with Gasteiger partial charge in [0.1, 0.15) is 6.07 Å². The topological polar surface area (TPSA) is 52.0 Å². The zero-order chi connectivity index (χ0) is 15.0. The number of piperidine rings is 1. The average molecular weight is 284 g/mol. The zero-order valence-corrected chi connectivity index (χ0v) is 13.2. The molecule has 2 fully saturated rings. The molecule has 0 saturated carbocycles. The lowest BCUT2D eigenvalue weighted by molar-refractivity contribution is 0.349. The minimum absolute atomic E-state index is 0.544. The summed E-state index contributed by atoms with van der Waals surface area (Å²) in [6.45, 7) is 7.09. The average Bonchev–Trinajstić information content (AvgIpc) is 2.78. The lowest BCUT2D eigenvalue weighted by Gasteiger charge is -2.39. The van der Waals surface area contributed by atoms with E-state index in [4.69, 9.17) is 0 Å². The molecule has 112 valence electrons. The number of nitriles is 1. The molecule has 0 aromatic carbocycles. The summed E-state index contributed by atoms with van der Waals surface area (Å²) < 4.78 is 0. The summed E-state index contributed by atoms with van der Waals surface area (Å²) >= 11 is 0. The fraction of sp³-hybridized carbons (Fsp3) is 0.647. The molecule has 2 saturated heterocycles. The van der Waals surface area contributed by atoms with Crippen molar-refractivity contribution in [3.8, 4) is 6.07 Å². The van der Waals surface area contributed by atoms with Gasteiger partial charge in [0.15, 0.2) is 0 Å². The number of hydrogen-bond donors (Lipinski definition) is 1. The molecule has 1 aromatic rings.